The molecular weight excluding hydrogens is 314 g/mol. The zero-order valence-electron chi connectivity index (χ0n) is 14.6. The molecule has 3 rings (SSSR count). The summed E-state index contributed by atoms with van der Waals surface area (Å²) in [5.74, 6) is 0.810. The number of piperazine rings is 1. The van der Waals surface area contributed by atoms with Crippen LogP contribution in [0.5, 0.6) is 5.75 Å². The number of ether oxygens (including phenoxy) is 1. The number of hydrogen-bond acceptors (Lipinski definition) is 5. The summed E-state index contributed by atoms with van der Waals surface area (Å²) in [6.07, 6.45) is 0. The predicted octanol–water partition coefficient (Wildman–Crippen LogP) is 2.69. The molecule has 2 aromatic rings. The Labute approximate surface area is 149 Å². The second-order valence-electron chi connectivity index (χ2n) is 6.42. The van der Waals surface area contributed by atoms with Crippen LogP contribution in [0.1, 0.15) is 11.1 Å². The fraction of sp³-hybridized carbons (Fsp3) is 0.350. The molecule has 1 N–H and O–H groups in total. The number of rotatable bonds is 6. The van der Waals surface area contributed by atoms with Gasteiger partial charge in [-0.2, -0.15) is 0 Å². The van der Waals surface area contributed by atoms with E-state index in [9.17, 15) is 5.21 Å². The van der Waals surface area contributed by atoms with Crippen molar-refractivity contribution in [3.63, 3.8) is 0 Å². The molecule has 25 heavy (non-hydrogen) atoms. The Morgan fingerprint density at radius 1 is 1.00 bits per heavy atom. The van der Waals surface area contributed by atoms with Crippen LogP contribution in [0.3, 0.4) is 0 Å². The average molecular weight is 339 g/mol. The third kappa shape index (κ3) is 5.05. The first-order valence-electron chi connectivity index (χ1n) is 8.63. The van der Waals surface area contributed by atoms with E-state index >= 15 is 0 Å². The van der Waals surface area contributed by atoms with Crippen LogP contribution in [0.4, 0.5) is 0 Å². The second kappa shape index (κ2) is 8.65. The lowest BCUT2D eigenvalue weighted by Gasteiger charge is -2.32. The van der Waals surface area contributed by atoms with Crippen LogP contribution in [-0.2, 0) is 6.61 Å². The molecule has 2 aromatic carbocycles. The maximum atomic E-state index is 9.40. The van der Waals surface area contributed by atoms with Crippen molar-refractivity contribution in [1.29, 1.82) is 0 Å². The molecule has 5 heteroatoms. The second-order valence-corrected chi connectivity index (χ2v) is 6.42. The summed E-state index contributed by atoms with van der Waals surface area (Å²) in [6.45, 7) is 5.29. The first kappa shape index (κ1) is 17.5. The number of hydrogen-bond donors (Lipinski definition) is 1. The molecule has 0 radical (unpaired) electrons. The molecule has 1 heterocycles. The molecule has 0 aliphatic carbocycles. The lowest BCUT2D eigenvalue weighted by atomic mass is 10.1. The smallest absolute Gasteiger partial charge is 0.119 e. The highest BCUT2D eigenvalue weighted by Crippen LogP contribution is 2.15. The number of benzene rings is 2. The molecule has 0 amide bonds. The van der Waals surface area contributed by atoms with Gasteiger partial charge in [-0.3, -0.25) is 4.90 Å². The van der Waals surface area contributed by atoms with Gasteiger partial charge in [0.1, 0.15) is 18.1 Å². The molecule has 1 fully saturated rings. The van der Waals surface area contributed by atoms with Crippen molar-refractivity contribution in [2.24, 2.45) is 5.16 Å². The molecular formula is C20H25N3O2. The predicted molar refractivity (Wildman–Crippen MR) is 99.5 cm³/mol. The zero-order chi connectivity index (χ0) is 17.5. The van der Waals surface area contributed by atoms with E-state index in [1.165, 1.54) is 0 Å². The van der Waals surface area contributed by atoms with Crippen LogP contribution < -0.4 is 4.74 Å². The van der Waals surface area contributed by atoms with E-state index in [-0.39, 0.29) is 0 Å². The summed E-state index contributed by atoms with van der Waals surface area (Å²) >= 11 is 0. The largest absolute Gasteiger partial charge is 0.489 e. The Hall–Kier alpha value is -2.37. The molecule has 0 spiro atoms. The summed E-state index contributed by atoms with van der Waals surface area (Å²) in [7, 11) is 2.13. The van der Waals surface area contributed by atoms with Gasteiger partial charge < -0.3 is 14.8 Å². The van der Waals surface area contributed by atoms with Crippen molar-refractivity contribution in [2.75, 3.05) is 39.8 Å². The molecule has 1 aliphatic rings. The summed E-state index contributed by atoms with van der Waals surface area (Å²) in [4.78, 5) is 4.62. The molecule has 1 aliphatic heterocycles. The first-order valence-corrected chi connectivity index (χ1v) is 8.63. The molecule has 0 bridgehead atoms. The SMILES string of the molecule is CN1CCN(CC(=NO)c2ccc(OCc3ccccc3)cc2)CC1. The van der Waals surface area contributed by atoms with Crippen LogP contribution in [0, 0.1) is 0 Å². The fourth-order valence-electron chi connectivity index (χ4n) is 2.88. The van der Waals surface area contributed by atoms with Gasteiger partial charge in [-0.05, 0) is 36.9 Å². The molecule has 0 aromatic heterocycles. The van der Waals surface area contributed by atoms with Gasteiger partial charge in [0.25, 0.3) is 0 Å². The highest BCUT2D eigenvalue weighted by atomic mass is 16.5. The molecule has 1 saturated heterocycles. The van der Waals surface area contributed by atoms with Gasteiger partial charge in [0.2, 0.25) is 0 Å². The van der Waals surface area contributed by atoms with Crippen LogP contribution in [0.15, 0.2) is 59.8 Å². The van der Waals surface area contributed by atoms with E-state index in [1.807, 2.05) is 54.6 Å². The zero-order valence-corrected chi connectivity index (χ0v) is 14.6. The number of likely N-dealkylation sites (N-methyl/N-ethyl adjacent to an activating group) is 1. The van der Waals surface area contributed by atoms with Crippen LogP contribution in [0.2, 0.25) is 0 Å². The summed E-state index contributed by atoms with van der Waals surface area (Å²) in [5.41, 5.74) is 2.76. The topological polar surface area (TPSA) is 48.3 Å². The Morgan fingerprint density at radius 3 is 2.32 bits per heavy atom. The van der Waals surface area contributed by atoms with E-state index in [0.29, 0.717) is 18.9 Å². The van der Waals surface area contributed by atoms with E-state index in [0.717, 1.165) is 43.1 Å². The average Bonchev–Trinajstić information content (AvgIpc) is 2.67. The van der Waals surface area contributed by atoms with Gasteiger partial charge in [-0.1, -0.05) is 35.5 Å². The normalized spacial score (nSPS) is 16.8. The van der Waals surface area contributed by atoms with Crippen molar-refractivity contribution >= 4 is 5.71 Å². The monoisotopic (exact) mass is 339 g/mol. The quantitative estimate of drug-likeness (QED) is 0.499. The minimum atomic E-state index is 0.544. The van der Waals surface area contributed by atoms with Crippen molar-refractivity contribution in [3.05, 3.63) is 65.7 Å². The Kier molecular flexibility index (Phi) is 6.04. The summed E-state index contributed by atoms with van der Waals surface area (Å²) < 4.78 is 5.80. The molecule has 0 atom stereocenters. The third-order valence-corrected chi connectivity index (χ3v) is 4.53. The van der Waals surface area contributed by atoms with Crippen LogP contribution in [-0.4, -0.2) is 60.5 Å². The van der Waals surface area contributed by atoms with E-state index in [1.54, 1.807) is 0 Å². The maximum absolute atomic E-state index is 9.40. The van der Waals surface area contributed by atoms with Gasteiger partial charge in [0.15, 0.2) is 0 Å². The molecule has 0 unspecified atom stereocenters. The summed E-state index contributed by atoms with van der Waals surface area (Å²) in [6, 6.07) is 17.8. The van der Waals surface area contributed by atoms with Gasteiger partial charge >= 0.3 is 0 Å². The molecule has 0 saturated carbocycles. The Bertz CT molecular complexity index is 678. The van der Waals surface area contributed by atoms with Gasteiger partial charge in [-0.15, -0.1) is 0 Å². The first-order chi connectivity index (χ1) is 12.2. The fourth-order valence-corrected chi connectivity index (χ4v) is 2.88. The third-order valence-electron chi connectivity index (χ3n) is 4.53. The van der Waals surface area contributed by atoms with Crippen LogP contribution >= 0.6 is 0 Å². The van der Waals surface area contributed by atoms with Gasteiger partial charge in [0, 0.05) is 38.3 Å². The van der Waals surface area contributed by atoms with Crippen molar-refractivity contribution < 1.29 is 9.94 Å². The Morgan fingerprint density at radius 2 is 1.68 bits per heavy atom. The highest BCUT2D eigenvalue weighted by Gasteiger charge is 2.16. The minimum absolute atomic E-state index is 0.544. The highest BCUT2D eigenvalue weighted by molar-refractivity contribution is 6.01. The van der Waals surface area contributed by atoms with E-state index < -0.39 is 0 Å². The molecule has 5 nitrogen and oxygen atoms in total. The lowest BCUT2D eigenvalue weighted by Crippen LogP contribution is -2.46. The van der Waals surface area contributed by atoms with Crippen LogP contribution in [0.25, 0.3) is 0 Å². The molecule has 132 valence electrons. The van der Waals surface area contributed by atoms with Crippen molar-refractivity contribution in [2.45, 2.75) is 6.61 Å². The van der Waals surface area contributed by atoms with Gasteiger partial charge in [-0.25, -0.2) is 0 Å². The van der Waals surface area contributed by atoms with E-state index in [4.69, 9.17) is 4.74 Å². The number of nitrogens with zero attached hydrogens (tertiary/aromatic N) is 3. The van der Waals surface area contributed by atoms with Gasteiger partial charge in [0.05, 0.1) is 0 Å². The minimum Gasteiger partial charge on any atom is -0.489 e. The number of oxime groups is 1. The summed E-state index contributed by atoms with van der Waals surface area (Å²) in [5, 5.41) is 12.9. The maximum Gasteiger partial charge on any atom is 0.119 e. The van der Waals surface area contributed by atoms with Crippen molar-refractivity contribution in [1.82, 2.24) is 9.80 Å². The van der Waals surface area contributed by atoms with Crippen molar-refractivity contribution in [3.8, 4) is 5.75 Å². The standard InChI is InChI=1S/C20H25N3O2/c1-22-11-13-23(14-12-22)15-20(21-24)18-7-9-19(10-8-18)25-16-17-5-3-2-4-6-17/h2-10,24H,11-16H2,1H3. The van der Waals surface area contributed by atoms with E-state index in [2.05, 4.69) is 22.0 Å². The Balaban J connectivity index is 1.56. The lowest BCUT2D eigenvalue weighted by molar-refractivity contribution is 0.169.